The molecule has 1 N–H and O–H groups in total. The fraction of sp³-hybridized carbons (Fsp3) is 0.125. The zero-order chi connectivity index (χ0) is 13.2. The molecule has 0 saturated carbocycles. The fourth-order valence-corrected chi connectivity index (χ4v) is 2.21. The summed E-state index contributed by atoms with van der Waals surface area (Å²) in [5.74, 6) is 0. The van der Waals surface area contributed by atoms with Crippen LogP contribution in [-0.2, 0) is 0 Å². The Kier molecular flexibility index (Phi) is 2.88. The van der Waals surface area contributed by atoms with Crippen molar-refractivity contribution in [2.24, 2.45) is 0 Å². The molecule has 0 bridgehead atoms. The van der Waals surface area contributed by atoms with Crippen LogP contribution in [0.1, 0.15) is 0 Å². The summed E-state index contributed by atoms with van der Waals surface area (Å²) in [4.78, 5) is 2.13. The Labute approximate surface area is 112 Å². The predicted molar refractivity (Wildman–Crippen MR) is 80.3 cm³/mol. The summed E-state index contributed by atoms with van der Waals surface area (Å²) in [6.45, 7) is 0. The standard InChI is InChI=1S/C16H16N2O/c1-17-12-7-9-13(10-8-12)18(2)15-11-19-16-6-4-3-5-14(15)16/h3-11,17H,1-2H3. The predicted octanol–water partition coefficient (Wildman–Crippen LogP) is 4.24. The molecule has 0 fully saturated rings. The summed E-state index contributed by atoms with van der Waals surface area (Å²) in [7, 11) is 3.97. The van der Waals surface area contributed by atoms with Gasteiger partial charge in [-0.15, -0.1) is 0 Å². The molecule has 19 heavy (non-hydrogen) atoms. The molecule has 96 valence electrons. The van der Waals surface area contributed by atoms with Gasteiger partial charge in [0.25, 0.3) is 0 Å². The Balaban J connectivity index is 2.00. The smallest absolute Gasteiger partial charge is 0.136 e. The monoisotopic (exact) mass is 252 g/mol. The molecule has 0 spiro atoms. The number of nitrogens with one attached hydrogen (secondary N) is 1. The highest BCUT2D eigenvalue weighted by atomic mass is 16.3. The van der Waals surface area contributed by atoms with Crippen LogP contribution >= 0.6 is 0 Å². The Morgan fingerprint density at radius 2 is 1.74 bits per heavy atom. The molecule has 0 unspecified atom stereocenters. The van der Waals surface area contributed by atoms with Gasteiger partial charge in [-0.3, -0.25) is 0 Å². The van der Waals surface area contributed by atoms with Crippen molar-refractivity contribution in [1.82, 2.24) is 0 Å². The number of rotatable bonds is 3. The Morgan fingerprint density at radius 3 is 2.47 bits per heavy atom. The Bertz CT molecular complexity index is 685. The molecule has 0 saturated heterocycles. The Hall–Kier alpha value is -2.42. The van der Waals surface area contributed by atoms with Crippen LogP contribution in [0.25, 0.3) is 11.0 Å². The summed E-state index contributed by atoms with van der Waals surface area (Å²) in [6.07, 6.45) is 1.80. The van der Waals surface area contributed by atoms with Gasteiger partial charge in [0.15, 0.2) is 0 Å². The summed E-state index contributed by atoms with van der Waals surface area (Å²) < 4.78 is 5.58. The number of fused-ring (bicyclic) bond motifs is 1. The van der Waals surface area contributed by atoms with Crippen molar-refractivity contribution in [3.63, 3.8) is 0 Å². The molecule has 3 nitrogen and oxygen atoms in total. The summed E-state index contributed by atoms with van der Waals surface area (Å²) in [5, 5.41) is 4.25. The van der Waals surface area contributed by atoms with Crippen LogP contribution in [0.3, 0.4) is 0 Å². The molecular weight excluding hydrogens is 236 g/mol. The molecule has 0 atom stereocenters. The highest BCUT2D eigenvalue weighted by Gasteiger charge is 2.10. The van der Waals surface area contributed by atoms with Crippen molar-refractivity contribution in [2.45, 2.75) is 0 Å². The first-order valence-electron chi connectivity index (χ1n) is 6.27. The lowest BCUT2D eigenvalue weighted by Crippen LogP contribution is -2.08. The van der Waals surface area contributed by atoms with Gasteiger partial charge in [-0.2, -0.15) is 0 Å². The van der Waals surface area contributed by atoms with Crippen LogP contribution in [-0.4, -0.2) is 14.1 Å². The number of hydrogen-bond donors (Lipinski definition) is 1. The highest BCUT2D eigenvalue weighted by molar-refractivity contribution is 5.93. The number of hydrogen-bond acceptors (Lipinski definition) is 3. The minimum atomic E-state index is 0.913. The average Bonchev–Trinajstić information content (AvgIpc) is 2.90. The SMILES string of the molecule is CNc1ccc(N(C)c2coc3ccccc23)cc1. The minimum Gasteiger partial charge on any atom is -0.462 e. The third-order valence-electron chi connectivity index (χ3n) is 3.37. The molecule has 0 aliphatic rings. The number of para-hydroxylation sites is 1. The molecule has 0 radical (unpaired) electrons. The van der Waals surface area contributed by atoms with E-state index in [2.05, 4.69) is 40.5 Å². The molecule has 0 aliphatic carbocycles. The zero-order valence-corrected chi connectivity index (χ0v) is 11.1. The maximum atomic E-state index is 5.58. The maximum absolute atomic E-state index is 5.58. The van der Waals surface area contributed by atoms with Gasteiger partial charge in [0.2, 0.25) is 0 Å². The molecule has 1 heterocycles. The molecule has 3 aromatic rings. The molecule has 0 aliphatic heterocycles. The summed E-state index contributed by atoms with van der Waals surface area (Å²) in [6, 6.07) is 16.4. The van der Waals surface area contributed by atoms with Gasteiger partial charge in [-0.25, -0.2) is 0 Å². The number of anilines is 3. The number of nitrogens with zero attached hydrogens (tertiary/aromatic N) is 1. The van der Waals surface area contributed by atoms with E-state index in [0.29, 0.717) is 0 Å². The van der Waals surface area contributed by atoms with E-state index in [0.717, 1.165) is 28.0 Å². The van der Waals surface area contributed by atoms with Crippen molar-refractivity contribution < 1.29 is 4.42 Å². The van der Waals surface area contributed by atoms with E-state index in [1.165, 1.54) is 0 Å². The van der Waals surface area contributed by atoms with Crippen LogP contribution < -0.4 is 10.2 Å². The lowest BCUT2D eigenvalue weighted by atomic mass is 10.2. The quantitative estimate of drug-likeness (QED) is 0.755. The van der Waals surface area contributed by atoms with Gasteiger partial charge in [0.1, 0.15) is 11.8 Å². The van der Waals surface area contributed by atoms with E-state index in [-0.39, 0.29) is 0 Å². The van der Waals surface area contributed by atoms with E-state index in [1.54, 1.807) is 6.26 Å². The van der Waals surface area contributed by atoms with E-state index in [1.807, 2.05) is 32.3 Å². The van der Waals surface area contributed by atoms with E-state index < -0.39 is 0 Å². The van der Waals surface area contributed by atoms with E-state index >= 15 is 0 Å². The third kappa shape index (κ3) is 2.03. The van der Waals surface area contributed by atoms with Crippen molar-refractivity contribution >= 4 is 28.0 Å². The second-order valence-electron chi connectivity index (χ2n) is 4.47. The second kappa shape index (κ2) is 4.69. The van der Waals surface area contributed by atoms with Crippen LogP contribution in [0.15, 0.2) is 59.2 Å². The van der Waals surface area contributed by atoms with E-state index in [4.69, 9.17) is 4.42 Å². The Morgan fingerprint density at radius 1 is 1.00 bits per heavy atom. The number of benzene rings is 2. The fourth-order valence-electron chi connectivity index (χ4n) is 2.21. The van der Waals surface area contributed by atoms with Crippen molar-refractivity contribution in [2.75, 3.05) is 24.3 Å². The van der Waals surface area contributed by atoms with Gasteiger partial charge < -0.3 is 14.6 Å². The average molecular weight is 252 g/mol. The van der Waals surface area contributed by atoms with Gasteiger partial charge in [-0.1, -0.05) is 12.1 Å². The maximum Gasteiger partial charge on any atom is 0.136 e. The first-order valence-corrected chi connectivity index (χ1v) is 6.27. The molecule has 3 heteroatoms. The van der Waals surface area contributed by atoms with Gasteiger partial charge in [0.05, 0.1) is 5.69 Å². The number of furan rings is 1. The summed E-state index contributed by atoms with van der Waals surface area (Å²) >= 11 is 0. The largest absolute Gasteiger partial charge is 0.462 e. The third-order valence-corrected chi connectivity index (χ3v) is 3.37. The summed E-state index contributed by atoms with van der Waals surface area (Å²) in [5.41, 5.74) is 4.23. The van der Waals surface area contributed by atoms with Crippen LogP contribution in [0, 0.1) is 0 Å². The molecule has 1 aromatic heterocycles. The van der Waals surface area contributed by atoms with E-state index in [9.17, 15) is 0 Å². The van der Waals surface area contributed by atoms with Gasteiger partial charge in [-0.05, 0) is 36.4 Å². The molecule has 0 amide bonds. The van der Waals surface area contributed by atoms with Crippen molar-refractivity contribution in [3.8, 4) is 0 Å². The topological polar surface area (TPSA) is 28.4 Å². The highest BCUT2D eigenvalue weighted by Crippen LogP contribution is 2.32. The lowest BCUT2D eigenvalue weighted by molar-refractivity contribution is 0.616. The van der Waals surface area contributed by atoms with Crippen molar-refractivity contribution in [3.05, 3.63) is 54.8 Å². The first kappa shape index (κ1) is 11.7. The molecule has 3 rings (SSSR count). The first-order chi connectivity index (χ1) is 9.29. The van der Waals surface area contributed by atoms with Crippen LogP contribution in [0.5, 0.6) is 0 Å². The van der Waals surface area contributed by atoms with Gasteiger partial charge in [0, 0.05) is 30.9 Å². The van der Waals surface area contributed by atoms with Crippen LogP contribution in [0.4, 0.5) is 17.1 Å². The van der Waals surface area contributed by atoms with Gasteiger partial charge >= 0.3 is 0 Å². The molecular formula is C16H16N2O. The van der Waals surface area contributed by atoms with Crippen molar-refractivity contribution in [1.29, 1.82) is 0 Å². The second-order valence-corrected chi connectivity index (χ2v) is 4.47. The zero-order valence-electron chi connectivity index (χ0n) is 11.1. The minimum absolute atomic E-state index is 0.913. The normalized spacial score (nSPS) is 10.6. The molecule has 2 aromatic carbocycles. The lowest BCUT2D eigenvalue weighted by Gasteiger charge is -2.18. The van der Waals surface area contributed by atoms with Crippen LogP contribution in [0.2, 0.25) is 0 Å².